The van der Waals surface area contributed by atoms with Gasteiger partial charge in [0.1, 0.15) is 0 Å². The topological polar surface area (TPSA) is 36.9 Å². The highest BCUT2D eigenvalue weighted by Crippen LogP contribution is 2.70. The Morgan fingerprint density at radius 1 is 0.667 bits per heavy atom. The highest BCUT2D eigenvalue weighted by molar-refractivity contribution is 5.13. The molecule has 0 aromatic rings. The van der Waals surface area contributed by atoms with Crippen molar-refractivity contribution in [3.05, 3.63) is 0 Å². The molecule has 0 amide bonds. The van der Waals surface area contributed by atoms with Crippen LogP contribution in [0.4, 0.5) is 0 Å². The first kappa shape index (κ1) is 17.7. The Bertz CT molecular complexity index is 607. The molecule has 27 heavy (non-hydrogen) atoms. The molecule has 0 aromatic carbocycles. The standard InChI is InChI=1S/C23H36O4/c1-20-9-10-22(24-11-12-25-22)15-16(20)3-4-17-18(20)5-7-21(2)19(17)6-8-23(21)26-13-14-27-23/h16-19H,3-15H2,1-2H3/t16-,17?,18?,19?,20+,21+/m1/s1. The van der Waals surface area contributed by atoms with Crippen molar-refractivity contribution in [1.82, 2.24) is 0 Å². The van der Waals surface area contributed by atoms with Crippen LogP contribution in [0.1, 0.15) is 71.6 Å². The van der Waals surface area contributed by atoms with E-state index < -0.39 is 0 Å². The van der Waals surface area contributed by atoms with E-state index in [1.165, 1.54) is 38.5 Å². The number of hydrogen-bond acceptors (Lipinski definition) is 4. The summed E-state index contributed by atoms with van der Waals surface area (Å²) in [7, 11) is 0. The van der Waals surface area contributed by atoms with Crippen LogP contribution in [0.2, 0.25) is 0 Å². The zero-order chi connectivity index (χ0) is 18.3. The van der Waals surface area contributed by atoms with Crippen molar-refractivity contribution in [3.8, 4) is 0 Å². The van der Waals surface area contributed by atoms with Gasteiger partial charge in [0.15, 0.2) is 11.6 Å². The lowest BCUT2D eigenvalue weighted by Crippen LogP contribution is -2.58. The summed E-state index contributed by atoms with van der Waals surface area (Å²) in [6.45, 7) is 8.27. The monoisotopic (exact) mass is 376 g/mol. The molecule has 6 rings (SSSR count). The average molecular weight is 377 g/mol. The first-order chi connectivity index (χ1) is 13.0. The lowest BCUT2D eigenvalue weighted by Gasteiger charge is -2.62. The van der Waals surface area contributed by atoms with E-state index in [4.69, 9.17) is 18.9 Å². The number of hydrogen-bond donors (Lipinski definition) is 0. The van der Waals surface area contributed by atoms with Gasteiger partial charge in [-0.25, -0.2) is 0 Å². The van der Waals surface area contributed by atoms with Gasteiger partial charge in [-0.2, -0.15) is 0 Å². The number of ether oxygens (including phenoxy) is 4. The van der Waals surface area contributed by atoms with Crippen molar-refractivity contribution in [2.75, 3.05) is 26.4 Å². The first-order valence-corrected chi connectivity index (χ1v) is 11.6. The molecule has 4 aliphatic carbocycles. The summed E-state index contributed by atoms with van der Waals surface area (Å²) in [6.07, 6.45) is 11.3. The summed E-state index contributed by atoms with van der Waals surface area (Å²) in [5.41, 5.74) is 0.694. The Morgan fingerprint density at radius 2 is 1.37 bits per heavy atom. The van der Waals surface area contributed by atoms with Gasteiger partial charge in [-0.15, -0.1) is 0 Å². The second kappa shape index (κ2) is 5.71. The third-order valence-corrected chi connectivity index (χ3v) is 10.3. The second-order valence-electron chi connectivity index (χ2n) is 10.9. The smallest absolute Gasteiger partial charge is 0.174 e. The van der Waals surface area contributed by atoms with E-state index in [-0.39, 0.29) is 17.0 Å². The molecule has 2 spiro atoms. The van der Waals surface area contributed by atoms with Crippen molar-refractivity contribution in [1.29, 1.82) is 0 Å². The lowest BCUT2D eigenvalue weighted by molar-refractivity contribution is -0.257. The molecule has 0 aromatic heterocycles. The summed E-state index contributed by atoms with van der Waals surface area (Å²) in [5.74, 6) is 2.78. The molecule has 0 radical (unpaired) electrons. The molecular weight excluding hydrogens is 340 g/mol. The predicted octanol–water partition coefficient (Wildman–Crippen LogP) is 4.52. The number of fused-ring (bicyclic) bond motifs is 6. The van der Waals surface area contributed by atoms with Gasteiger partial charge in [-0.3, -0.25) is 0 Å². The Labute approximate surface area is 163 Å². The fourth-order valence-electron chi connectivity index (χ4n) is 8.84. The van der Waals surface area contributed by atoms with Crippen LogP contribution in [0.15, 0.2) is 0 Å². The van der Waals surface area contributed by atoms with Gasteiger partial charge in [0, 0.05) is 24.7 Å². The van der Waals surface area contributed by atoms with E-state index in [0.717, 1.165) is 69.4 Å². The number of rotatable bonds is 0. The molecule has 4 heteroatoms. The van der Waals surface area contributed by atoms with Crippen LogP contribution in [0.3, 0.4) is 0 Å². The summed E-state index contributed by atoms with van der Waals surface area (Å²) in [6, 6.07) is 0. The van der Waals surface area contributed by atoms with Gasteiger partial charge in [0.25, 0.3) is 0 Å². The molecule has 2 aliphatic heterocycles. The van der Waals surface area contributed by atoms with E-state index in [9.17, 15) is 0 Å². The molecule has 4 saturated carbocycles. The summed E-state index contributed by atoms with van der Waals surface area (Å²) >= 11 is 0. The van der Waals surface area contributed by atoms with Crippen LogP contribution in [0.25, 0.3) is 0 Å². The minimum Gasteiger partial charge on any atom is -0.348 e. The Hall–Kier alpha value is -0.160. The Kier molecular flexibility index (Phi) is 3.74. The van der Waals surface area contributed by atoms with Crippen LogP contribution in [-0.2, 0) is 18.9 Å². The van der Waals surface area contributed by atoms with Crippen molar-refractivity contribution in [3.63, 3.8) is 0 Å². The van der Waals surface area contributed by atoms with Crippen LogP contribution in [0.5, 0.6) is 0 Å². The highest BCUT2D eigenvalue weighted by Gasteiger charge is 2.67. The third kappa shape index (κ3) is 2.19. The maximum Gasteiger partial charge on any atom is 0.174 e. The zero-order valence-electron chi connectivity index (χ0n) is 17.1. The highest BCUT2D eigenvalue weighted by atomic mass is 16.7. The maximum atomic E-state index is 6.29. The predicted molar refractivity (Wildman–Crippen MR) is 101 cm³/mol. The summed E-state index contributed by atoms with van der Waals surface area (Å²) < 4.78 is 24.8. The van der Waals surface area contributed by atoms with Crippen LogP contribution in [0, 0.1) is 34.5 Å². The molecule has 3 unspecified atom stereocenters. The molecule has 0 N–H and O–H groups in total. The Balaban J connectivity index is 1.28. The fourth-order valence-corrected chi connectivity index (χ4v) is 8.84. The van der Waals surface area contributed by atoms with Crippen LogP contribution >= 0.6 is 0 Å². The first-order valence-electron chi connectivity index (χ1n) is 11.6. The van der Waals surface area contributed by atoms with Gasteiger partial charge < -0.3 is 18.9 Å². The normalized spacial score (nSPS) is 52.7. The minimum absolute atomic E-state index is 0.224. The van der Waals surface area contributed by atoms with Crippen LogP contribution in [-0.4, -0.2) is 38.0 Å². The molecule has 2 saturated heterocycles. The van der Waals surface area contributed by atoms with Crippen molar-refractivity contribution in [2.45, 2.75) is 83.2 Å². The average Bonchev–Trinajstić information content (AvgIpc) is 3.38. The SMILES string of the molecule is C[C@]12CCC3C(CC[C@@H]4CC5(CC[C@]34C)OCCO5)C1CCC21OCCO1. The van der Waals surface area contributed by atoms with Gasteiger partial charge in [0.05, 0.1) is 26.4 Å². The van der Waals surface area contributed by atoms with Gasteiger partial charge in [-0.1, -0.05) is 13.8 Å². The van der Waals surface area contributed by atoms with Gasteiger partial charge >= 0.3 is 0 Å². The fraction of sp³-hybridized carbons (Fsp3) is 1.00. The quantitative estimate of drug-likeness (QED) is 0.623. The van der Waals surface area contributed by atoms with E-state index in [1.54, 1.807) is 0 Å². The van der Waals surface area contributed by atoms with E-state index in [0.29, 0.717) is 5.41 Å². The molecule has 0 bridgehead atoms. The van der Waals surface area contributed by atoms with E-state index >= 15 is 0 Å². The second-order valence-corrected chi connectivity index (χ2v) is 10.9. The van der Waals surface area contributed by atoms with Crippen LogP contribution < -0.4 is 0 Å². The van der Waals surface area contributed by atoms with Crippen molar-refractivity contribution < 1.29 is 18.9 Å². The minimum atomic E-state index is -0.261. The summed E-state index contributed by atoms with van der Waals surface area (Å²) in [5, 5.41) is 0. The molecule has 6 atom stereocenters. The van der Waals surface area contributed by atoms with E-state index in [1.807, 2.05) is 0 Å². The van der Waals surface area contributed by atoms with Gasteiger partial charge in [-0.05, 0) is 67.6 Å². The summed E-state index contributed by atoms with van der Waals surface area (Å²) in [4.78, 5) is 0. The Morgan fingerprint density at radius 3 is 2.15 bits per heavy atom. The molecule has 6 fully saturated rings. The molecule has 4 nitrogen and oxygen atoms in total. The zero-order valence-corrected chi connectivity index (χ0v) is 17.1. The molecule has 152 valence electrons. The maximum absolute atomic E-state index is 6.29. The molecule has 6 aliphatic rings. The van der Waals surface area contributed by atoms with Crippen molar-refractivity contribution in [2.24, 2.45) is 34.5 Å². The lowest BCUT2D eigenvalue weighted by atomic mass is 9.44. The van der Waals surface area contributed by atoms with E-state index in [2.05, 4.69) is 13.8 Å². The molecular formula is C23H36O4. The third-order valence-electron chi connectivity index (χ3n) is 10.3. The van der Waals surface area contributed by atoms with Gasteiger partial charge in [0.2, 0.25) is 0 Å². The largest absolute Gasteiger partial charge is 0.348 e. The van der Waals surface area contributed by atoms with Crippen molar-refractivity contribution >= 4 is 0 Å². The molecule has 2 heterocycles.